The van der Waals surface area contributed by atoms with Gasteiger partial charge in [-0.15, -0.1) is 0 Å². The van der Waals surface area contributed by atoms with Gasteiger partial charge in [-0.3, -0.25) is 0 Å². The number of aryl methyl sites for hydroxylation is 1. The Kier molecular flexibility index (Phi) is 4.35. The van der Waals surface area contributed by atoms with Crippen molar-refractivity contribution in [3.8, 4) is 0 Å². The first-order valence-corrected chi connectivity index (χ1v) is 5.34. The number of H-pyrrole nitrogens is 1. The second kappa shape index (κ2) is 5.32. The number of ether oxygens (including phenoxy) is 1. The minimum Gasteiger partial charge on any atom is -0.379 e. The molecule has 0 aromatic carbocycles. The number of aromatic nitrogens is 2. The highest BCUT2D eigenvalue weighted by atomic mass is 32.1. The first-order valence-electron chi connectivity index (χ1n) is 4.93. The Hall–Kier alpha value is -0.610. The summed E-state index contributed by atoms with van der Waals surface area (Å²) in [6.45, 7) is 8.66. The number of hydrogen-bond donors (Lipinski definition) is 1. The Morgan fingerprint density at radius 1 is 1.57 bits per heavy atom. The molecule has 14 heavy (non-hydrogen) atoms. The van der Waals surface area contributed by atoms with Gasteiger partial charge in [0.15, 0.2) is 4.77 Å². The van der Waals surface area contributed by atoms with Crippen LogP contribution >= 0.6 is 12.2 Å². The molecular formula is C10H18N2OS. The molecule has 0 aliphatic rings. The average Bonchev–Trinajstić information content (AvgIpc) is 2.39. The maximum Gasteiger partial charge on any atom is 0.177 e. The minimum absolute atomic E-state index is 0.593. The van der Waals surface area contributed by atoms with Crippen molar-refractivity contribution < 1.29 is 4.74 Å². The van der Waals surface area contributed by atoms with Crippen LogP contribution in [0.2, 0.25) is 0 Å². The number of hydrogen-bond acceptors (Lipinski definition) is 2. The summed E-state index contributed by atoms with van der Waals surface area (Å²) < 4.78 is 8.26. The van der Waals surface area contributed by atoms with Crippen LogP contribution in [-0.4, -0.2) is 22.8 Å². The van der Waals surface area contributed by atoms with Crippen LogP contribution in [0.5, 0.6) is 0 Å². The smallest absolute Gasteiger partial charge is 0.177 e. The molecule has 0 radical (unpaired) electrons. The van der Waals surface area contributed by atoms with Crippen molar-refractivity contribution >= 4 is 12.2 Å². The molecule has 1 heterocycles. The summed E-state index contributed by atoms with van der Waals surface area (Å²) >= 11 is 5.13. The summed E-state index contributed by atoms with van der Waals surface area (Å²) in [7, 11) is 0. The maximum atomic E-state index is 5.48. The van der Waals surface area contributed by atoms with Crippen molar-refractivity contribution in [1.82, 2.24) is 9.55 Å². The second-order valence-electron chi connectivity index (χ2n) is 3.90. The van der Waals surface area contributed by atoms with Crippen LogP contribution in [0.1, 0.15) is 19.5 Å². The molecule has 0 saturated carbocycles. The normalized spacial score (nSPS) is 11.1. The fourth-order valence-corrected chi connectivity index (χ4v) is 1.52. The van der Waals surface area contributed by atoms with Crippen LogP contribution in [0.25, 0.3) is 0 Å². The van der Waals surface area contributed by atoms with E-state index in [1.54, 1.807) is 0 Å². The molecule has 1 aromatic rings. The molecule has 0 atom stereocenters. The predicted octanol–water partition coefficient (Wildman–Crippen LogP) is 2.53. The minimum atomic E-state index is 0.593. The summed E-state index contributed by atoms with van der Waals surface area (Å²) in [6, 6.07) is 0. The van der Waals surface area contributed by atoms with E-state index in [4.69, 9.17) is 17.0 Å². The molecular weight excluding hydrogens is 196 g/mol. The van der Waals surface area contributed by atoms with Crippen molar-refractivity contribution in [3.63, 3.8) is 0 Å². The van der Waals surface area contributed by atoms with E-state index in [9.17, 15) is 0 Å². The van der Waals surface area contributed by atoms with Gasteiger partial charge in [0, 0.05) is 25.0 Å². The number of imidazole rings is 1. The lowest BCUT2D eigenvalue weighted by molar-refractivity contribution is 0.103. The van der Waals surface area contributed by atoms with Gasteiger partial charge < -0.3 is 14.3 Å². The van der Waals surface area contributed by atoms with Gasteiger partial charge in [-0.05, 0) is 25.1 Å². The molecule has 0 bridgehead atoms. The highest BCUT2D eigenvalue weighted by Gasteiger charge is 1.97. The second-order valence-corrected chi connectivity index (χ2v) is 4.29. The molecule has 0 aliphatic heterocycles. The van der Waals surface area contributed by atoms with Crippen molar-refractivity contribution in [1.29, 1.82) is 0 Å². The van der Waals surface area contributed by atoms with Crippen LogP contribution in [0, 0.1) is 17.6 Å². The van der Waals surface area contributed by atoms with Gasteiger partial charge in [-0.2, -0.15) is 0 Å². The third kappa shape index (κ3) is 3.64. The van der Waals surface area contributed by atoms with Gasteiger partial charge in [-0.1, -0.05) is 13.8 Å². The van der Waals surface area contributed by atoms with Gasteiger partial charge in [-0.25, -0.2) is 0 Å². The van der Waals surface area contributed by atoms with E-state index < -0.39 is 0 Å². The van der Waals surface area contributed by atoms with E-state index in [0.717, 1.165) is 30.2 Å². The van der Waals surface area contributed by atoms with Crippen LogP contribution in [0.15, 0.2) is 6.20 Å². The summed E-state index contributed by atoms with van der Waals surface area (Å²) in [6.07, 6.45) is 2.01. The summed E-state index contributed by atoms with van der Waals surface area (Å²) in [4.78, 5) is 3.08. The van der Waals surface area contributed by atoms with Crippen molar-refractivity contribution in [3.05, 3.63) is 16.7 Å². The first-order chi connectivity index (χ1) is 6.59. The molecule has 0 saturated heterocycles. The van der Waals surface area contributed by atoms with E-state index in [-0.39, 0.29) is 0 Å². The standard InChI is InChI=1S/C10H18N2OS/c1-8(2)7-13-5-4-12-6-9(3)11-10(12)14/h6,8H,4-5,7H2,1-3H3,(H,11,14). The molecule has 1 aromatic heterocycles. The highest BCUT2D eigenvalue weighted by molar-refractivity contribution is 7.71. The Morgan fingerprint density at radius 2 is 2.29 bits per heavy atom. The zero-order chi connectivity index (χ0) is 10.6. The zero-order valence-electron chi connectivity index (χ0n) is 9.04. The average molecular weight is 214 g/mol. The lowest BCUT2D eigenvalue weighted by atomic mass is 10.2. The molecule has 3 nitrogen and oxygen atoms in total. The maximum absolute atomic E-state index is 5.48. The lowest BCUT2D eigenvalue weighted by Gasteiger charge is -2.06. The number of rotatable bonds is 5. The Labute approximate surface area is 90.1 Å². The Morgan fingerprint density at radius 3 is 2.79 bits per heavy atom. The van der Waals surface area contributed by atoms with E-state index in [2.05, 4.69) is 18.8 Å². The van der Waals surface area contributed by atoms with Gasteiger partial charge in [0.05, 0.1) is 6.61 Å². The van der Waals surface area contributed by atoms with Crippen LogP contribution in [-0.2, 0) is 11.3 Å². The van der Waals surface area contributed by atoms with E-state index in [1.807, 2.05) is 17.7 Å². The zero-order valence-corrected chi connectivity index (χ0v) is 9.86. The van der Waals surface area contributed by atoms with Gasteiger partial charge >= 0.3 is 0 Å². The molecule has 0 amide bonds. The third-order valence-corrected chi connectivity index (χ3v) is 2.18. The Balaban J connectivity index is 2.31. The summed E-state index contributed by atoms with van der Waals surface area (Å²) in [5.41, 5.74) is 1.10. The fraction of sp³-hybridized carbons (Fsp3) is 0.700. The SMILES string of the molecule is Cc1cn(CCOCC(C)C)c(=S)[nH]1. The molecule has 0 aliphatic carbocycles. The van der Waals surface area contributed by atoms with Gasteiger partial charge in [0.2, 0.25) is 0 Å². The van der Waals surface area contributed by atoms with E-state index >= 15 is 0 Å². The molecule has 0 unspecified atom stereocenters. The monoisotopic (exact) mass is 214 g/mol. The molecule has 1 rings (SSSR count). The molecule has 1 N–H and O–H groups in total. The molecule has 80 valence electrons. The molecule has 0 fully saturated rings. The van der Waals surface area contributed by atoms with Crippen LogP contribution in [0.4, 0.5) is 0 Å². The van der Waals surface area contributed by atoms with E-state index in [0.29, 0.717) is 5.92 Å². The van der Waals surface area contributed by atoms with Crippen LogP contribution < -0.4 is 0 Å². The number of nitrogens with zero attached hydrogens (tertiary/aromatic N) is 1. The number of aromatic amines is 1. The van der Waals surface area contributed by atoms with E-state index in [1.165, 1.54) is 0 Å². The third-order valence-electron chi connectivity index (χ3n) is 1.84. The summed E-state index contributed by atoms with van der Waals surface area (Å²) in [5, 5.41) is 0. The number of nitrogens with one attached hydrogen (secondary N) is 1. The molecule has 4 heteroatoms. The van der Waals surface area contributed by atoms with Gasteiger partial charge in [0.25, 0.3) is 0 Å². The fourth-order valence-electron chi connectivity index (χ4n) is 1.21. The quantitative estimate of drug-likeness (QED) is 0.603. The van der Waals surface area contributed by atoms with Crippen molar-refractivity contribution in [2.75, 3.05) is 13.2 Å². The predicted molar refractivity (Wildman–Crippen MR) is 60.0 cm³/mol. The largest absolute Gasteiger partial charge is 0.379 e. The first kappa shape index (κ1) is 11.5. The topological polar surface area (TPSA) is 29.9 Å². The van der Waals surface area contributed by atoms with Crippen LogP contribution in [0.3, 0.4) is 0 Å². The lowest BCUT2D eigenvalue weighted by Crippen LogP contribution is -2.08. The highest BCUT2D eigenvalue weighted by Crippen LogP contribution is 1.98. The van der Waals surface area contributed by atoms with Crippen molar-refractivity contribution in [2.45, 2.75) is 27.3 Å². The van der Waals surface area contributed by atoms with Gasteiger partial charge in [0.1, 0.15) is 0 Å². The molecule has 0 spiro atoms. The Bertz CT molecular complexity index is 327. The van der Waals surface area contributed by atoms with Crippen molar-refractivity contribution in [2.24, 2.45) is 5.92 Å². The summed E-state index contributed by atoms with van der Waals surface area (Å²) in [5.74, 6) is 0.593.